The summed E-state index contributed by atoms with van der Waals surface area (Å²) in [6, 6.07) is 1.67. The molecule has 1 aliphatic heterocycles. The van der Waals surface area contributed by atoms with Crippen molar-refractivity contribution in [3.05, 3.63) is 12.3 Å². The van der Waals surface area contributed by atoms with Crippen LogP contribution in [0.1, 0.15) is 12.8 Å². The monoisotopic (exact) mass is 239 g/mol. The van der Waals surface area contributed by atoms with Crippen LogP contribution in [-0.4, -0.2) is 47.5 Å². The fraction of sp³-hybridized carbons (Fsp3) is 0.636. The van der Waals surface area contributed by atoms with Gasteiger partial charge in [0.1, 0.15) is 0 Å². The van der Waals surface area contributed by atoms with Gasteiger partial charge in [0.2, 0.25) is 11.8 Å². The lowest BCUT2D eigenvalue weighted by Gasteiger charge is -2.32. The number of nitrogens with one attached hydrogen (secondary N) is 1. The van der Waals surface area contributed by atoms with E-state index in [0.717, 1.165) is 0 Å². The molecule has 1 fully saturated rings. The van der Waals surface area contributed by atoms with Crippen LogP contribution in [-0.2, 0) is 4.74 Å². The molecule has 1 saturated heterocycles. The van der Waals surface area contributed by atoms with Crippen LogP contribution in [0.25, 0.3) is 0 Å². The third kappa shape index (κ3) is 3.28. The maximum atomic E-state index is 10.2. The summed E-state index contributed by atoms with van der Waals surface area (Å²) in [5.74, 6) is 0.964. The summed E-state index contributed by atoms with van der Waals surface area (Å²) in [5, 5.41) is 13.3. The van der Waals surface area contributed by atoms with Gasteiger partial charge >= 0.3 is 0 Å². The molecule has 0 amide bonds. The van der Waals surface area contributed by atoms with Gasteiger partial charge in [-0.1, -0.05) is 0 Å². The summed E-state index contributed by atoms with van der Waals surface area (Å²) >= 11 is 0. The molecule has 1 aromatic rings. The number of ether oxygens (including phenoxy) is 2. The van der Waals surface area contributed by atoms with E-state index in [0.29, 0.717) is 44.4 Å². The Kier molecular flexibility index (Phi) is 3.75. The average Bonchev–Trinajstić information content (AvgIpc) is 2.38. The van der Waals surface area contributed by atoms with E-state index in [4.69, 9.17) is 9.47 Å². The molecular weight excluding hydrogens is 222 g/mol. The molecule has 2 N–H and O–H groups in total. The number of rotatable bonds is 4. The molecule has 2 rings (SSSR count). The Morgan fingerprint density at radius 2 is 2.29 bits per heavy atom. The number of anilines is 1. The Morgan fingerprint density at radius 1 is 1.53 bits per heavy atom. The molecule has 17 heavy (non-hydrogen) atoms. The molecule has 0 atom stereocenters. The lowest BCUT2D eigenvalue weighted by Crippen LogP contribution is -2.42. The van der Waals surface area contributed by atoms with Gasteiger partial charge in [-0.2, -0.15) is 4.98 Å². The number of nitrogens with zero attached hydrogens (tertiary/aromatic N) is 2. The van der Waals surface area contributed by atoms with Gasteiger partial charge in [-0.15, -0.1) is 0 Å². The highest BCUT2D eigenvalue weighted by Crippen LogP contribution is 2.20. The molecule has 0 unspecified atom stereocenters. The van der Waals surface area contributed by atoms with Gasteiger partial charge < -0.3 is 19.9 Å². The van der Waals surface area contributed by atoms with E-state index in [2.05, 4.69) is 15.3 Å². The number of methoxy groups -OCH3 is 1. The van der Waals surface area contributed by atoms with Gasteiger partial charge in [0.05, 0.1) is 12.7 Å². The van der Waals surface area contributed by atoms with E-state index < -0.39 is 5.60 Å². The molecule has 1 aliphatic rings. The van der Waals surface area contributed by atoms with Crippen LogP contribution in [0.2, 0.25) is 0 Å². The third-order valence-electron chi connectivity index (χ3n) is 2.84. The van der Waals surface area contributed by atoms with E-state index >= 15 is 0 Å². The first-order chi connectivity index (χ1) is 8.22. The number of hydrogen-bond donors (Lipinski definition) is 2. The zero-order valence-corrected chi connectivity index (χ0v) is 9.85. The van der Waals surface area contributed by atoms with Crippen LogP contribution in [0.4, 0.5) is 5.95 Å². The van der Waals surface area contributed by atoms with E-state index in [9.17, 15) is 5.11 Å². The molecular formula is C11H17N3O3. The summed E-state index contributed by atoms with van der Waals surface area (Å²) in [4.78, 5) is 8.18. The van der Waals surface area contributed by atoms with Gasteiger partial charge in [-0.05, 0) is 0 Å². The third-order valence-corrected chi connectivity index (χ3v) is 2.84. The zero-order valence-electron chi connectivity index (χ0n) is 9.85. The highest BCUT2D eigenvalue weighted by molar-refractivity contribution is 5.28. The summed E-state index contributed by atoms with van der Waals surface area (Å²) in [6.07, 6.45) is 2.87. The Morgan fingerprint density at radius 3 is 3.00 bits per heavy atom. The molecule has 1 aromatic heterocycles. The maximum absolute atomic E-state index is 10.2. The van der Waals surface area contributed by atoms with Gasteiger partial charge in [0.25, 0.3) is 0 Å². The van der Waals surface area contributed by atoms with E-state index in [1.54, 1.807) is 19.4 Å². The Labute approximate surface area is 100.0 Å². The van der Waals surface area contributed by atoms with Crippen molar-refractivity contribution in [3.8, 4) is 5.88 Å². The fourth-order valence-corrected chi connectivity index (χ4v) is 1.71. The Bertz CT molecular complexity index is 367. The average molecular weight is 239 g/mol. The standard InChI is InChI=1S/C11H17N3O3/c1-16-9-2-5-12-10(14-9)13-8-11(15)3-6-17-7-4-11/h2,5,15H,3-4,6-8H2,1H3,(H,12,13,14). The second-order valence-electron chi connectivity index (χ2n) is 4.11. The maximum Gasteiger partial charge on any atom is 0.226 e. The van der Waals surface area contributed by atoms with Crippen LogP contribution < -0.4 is 10.1 Å². The van der Waals surface area contributed by atoms with Crippen LogP contribution in [0, 0.1) is 0 Å². The fourth-order valence-electron chi connectivity index (χ4n) is 1.71. The number of aromatic nitrogens is 2. The van der Waals surface area contributed by atoms with Crippen molar-refractivity contribution < 1.29 is 14.6 Å². The van der Waals surface area contributed by atoms with Crippen molar-refractivity contribution in [1.82, 2.24) is 9.97 Å². The highest BCUT2D eigenvalue weighted by Gasteiger charge is 2.29. The van der Waals surface area contributed by atoms with Crippen LogP contribution >= 0.6 is 0 Å². The van der Waals surface area contributed by atoms with Crippen molar-refractivity contribution in [2.75, 3.05) is 32.2 Å². The second kappa shape index (κ2) is 5.29. The van der Waals surface area contributed by atoms with Crippen molar-refractivity contribution in [2.24, 2.45) is 0 Å². The normalized spacial score (nSPS) is 18.7. The van der Waals surface area contributed by atoms with E-state index in [1.807, 2.05) is 0 Å². The Balaban J connectivity index is 1.92. The smallest absolute Gasteiger partial charge is 0.226 e. The minimum Gasteiger partial charge on any atom is -0.481 e. The van der Waals surface area contributed by atoms with Gasteiger partial charge in [0, 0.05) is 44.9 Å². The first-order valence-electron chi connectivity index (χ1n) is 5.63. The van der Waals surface area contributed by atoms with Crippen molar-refractivity contribution >= 4 is 5.95 Å². The minimum atomic E-state index is -0.731. The molecule has 2 heterocycles. The number of aliphatic hydroxyl groups is 1. The quantitative estimate of drug-likeness (QED) is 0.794. The second-order valence-corrected chi connectivity index (χ2v) is 4.11. The van der Waals surface area contributed by atoms with Crippen LogP contribution in [0.15, 0.2) is 12.3 Å². The largest absolute Gasteiger partial charge is 0.481 e. The molecule has 6 heteroatoms. The Hall–Kier alpha value is -1.40. The lowest BCUT2D eigenvalue weighted by molar-refractivity contribution is -0.0544. The lowest BCUT2D eigenvalue weighted by atomic mass is 9.94. The first kappa shape index (κ1) is 12.1. The summed E-state index contributed by atoms with van der Waals surface area (Å²) in [7, 11) is 1.55. The molecule has 0 saturated carbocycles. The summed E-state index contributed by atoms with van der Waals surface area (Å²) < 4.78 is 10.2. The molecule has 94 valence electrons. The van der Waals surface area contributed by atoms with E-state index in [1.165, 1.54) is 0 Å². The van der Waals surface area contributed by atoms with Gasteiger partial charge in [-0.25, -0.2) is 4.98 Å². The van der Waals surface area contributed by atoms with Crippen molar-refractivity contribution in [2.45, 2.75) is 18.4 Å². The molecule has 0 aliphatic carbocycles. The zero-order chi connectivity index (χ0) is 12.1. The molecule has 0 spiro atoms. The molecule has 6 nitrogen and oxygen atoms in total. The summed E-state index contributed by atoms with van der Waals surface area (Å²) in [6.45, 7) is 1.61. The van der Waals surface area contributed by atoms with Crippen LogP contribution in [0.3, 0.4) is 0 Å². The topological polar surface area (TPSA) is 76.5 Å². The van der Waals surface area contributed by atoms with Gasteiger partial charge in [-0.3, -0.25) is 0 Å². The molecule has 0 bridgehead atoms. The predicted octanol–water partition coefficient (Wildman–Crippen LogP) is 0.439. The minimum absolute atomic E-state index is 0.420. The SMILES string of the molecule is COc1ccnc(NCC2(O)CCOCC2)n1. The van der Waals surface area contributed by atoms with Crippen LogP contribution in [0.5, 0.6) is 5.88 Å². The summed E-state index contributed by atoms with van der Waals surface area (Å²) in [5.41, 5.74) is -0.731. The van der Waals surface area contributed by atoms with Gasteiger partial charge in [0.15, 0.2) is 0 Å². The van der Waals surface area contributed by atoms with E-state index in [-0.39, 0.29) is 0 Å². The molecule has 0 radical (unpaired) electrons. The number of hydrogen-bond acceptors (Lipinski definition) is 6. The molecule has 0 aromatic carbocycles. The van der Waals surface area contributed by atoms with Crippen molar-refractivity contribution in [1.29, 1.82) is 0 Å². The van der Waals surface area contributed by atoms with Crippen molar-refractivity contribution in [3.63, 3.8) is 0 Å². The highest BCUT2D eigenvalue weighted by atomic mass is 16.5. The first-order valence-corrected chi connectivity index (χ1v) is 5.63. The predicted molar refractivity (Wildman–Crippen MR) is 62.1 cm³/mol.